The summed E-state index contributed by atoms with van der Waals surface area (Å²) in [5, 5.41) is 5.25. The lowest BCUT2D eigenvalue weighted by atomic mass is 10.0. The van der Waals surface area contributed by atoms with E-state index in [1.165, 1.54) is 0 Å². The lowest BCUT2D eigenvalue weighted by Crippen LogP contribution is -1.90. The zero-order chi connectivity index (χ0) is 18.5. The minimum absolute atomic E-state index is 0.854. The first-order valence-corrected chi connectivity index (χ1v) is 9.87. The summed E-state index contributed by atoms with van der Waals surface area (Å²) in [4.78, 5) is 13.5. The molecule has 0 radical (unpaired) electrons. The smallest absolute Gasteiger partial charge is 0.144 e. The molecule has 132 valence electrons. The fourth-order valence-electron chi connectivity index (χ4n) is 3.72. The molecule has 0 amide bonds. The topological polar surface area (TPSA) is 51.8 Å². The molecule has 4 nitrogen and oxygen atoms in total. The van der Waals surface area contributed by atoms with Crippen LogP contribution in [-0.2, 0) is 0 Å². The third kappa shape index (κ3) is 2.27. The van der Waals surface area contributed by atoms with Gasteiger partial charge in [-0.15, -0.1) is 11.3 Å². The Bertz CT molecular complexity index is 1470. The molecule has 0 atom stereocenters. The molecule has 0 unspecified atom stereocenters. The molecule has 3 aromatic heterocycles. The molecule has 0 saturated heterocycles. The van der Waals surface area contributed by atoms with E-state index >= 15 is 0 Å². The second-order valence-corrected chi connectivity index (χ2v) is 7.33. The molecule has 0 aliphatic rings. The fraction of sp³-hybridized carbons (Fsp3) is 0. The van der Waals surface area contributed by atoms with Crippen molar-refractivity contribution in [1.82, 2.24) is 15.0 Å². The highest BCUT2D eigenvalue weighted by molar-refractivity contribution is 7.07. The molecule has 6 rings (SSSR count). The van der Waals surface area contributed by atoms with Gasteiger partial charge in [-0.05, 0) is 24.3 Å². The second kappa shape index (κ2) is 5.97. The van der Waals surface area contributed by atoms with Gasteiger partial charge in [-0.1, -0.05) is 36.4 Å². The van der Waals surface area contributed by atoms with Crippen LogP contribution in [0.1, 0.15) is 0 Å². The van der Waals surface area contributed by atoms with E-state index in [-0.39, 0.29) is 0 Å². The number of para-hydroxylation sites is 2. The predicted molar refractivity (Wildman–Crippen MR) is 113 cm³/mol. The zero-order valence-corrected chi connectivity index (χ0v) is 15.5. The highest BCUT2D eigenvalue weighted by Gasteiger charge is 2.15. The average Bonchev–Trinajstić information content (AvgIpc) is 3.41. The zero-order valence-electron chi connectivity index (χ0n) is 14.7. The Morgan fingerprint density at radius 3 is 2.64 bits per heavy atom. The molecule has 3 heterocycles. The van der Waals surface area contributed by atoms with E-state index in [9.17, 15) is 0 Å². The molecule has 0 saturated carbocycles. The average molecular weight is 379 g/mol. The van der Waals surface area contributed by atoms with Crippen LogP contribution in [0.25, 0.3) is 55.4 Å². The Balaban J connectivity index is 1.62. The molecule has 5 heteroatoms. The first-order chi connectivity index (χ1) is 13.9. The van der Waals surface area contributed by atoms with Gasteiger partial charge < -0.3 is 4.42 Å². The number of hydrogen-bond donors (Lipinski definition) is 0. The maximum absolute atomic E-state index is 6.20. The van der Waals surface area contributed by atoms with Gasteiger partial charge in [0, 0.05) is 32.7 Å². The Kier molecular flexibility index (Phi) is 3.30. The van der Waals surface area contributed by atoms with E-state index in [1.807, 2.05) is 29.1 Å². The largest absolute Gasteiger partial charge is 0.455 e. The van der Waals surface area contributed by atoms with Crippen molar-refractivity contribution in [3.8, 4) is 22.5 Å². The van der Waals surface area contributed by atoms with Crippen molar-refractivity contribution in [2.75, 3.05) is 0 Å². The number of hydrogen-bond acceptors (Lipinski definition) is 5. The summed E-state index contributed by atoms with van der Waals surface area (Å²) in [6.07, 6.45) is 1.62. The maximum atomic E-state index is 6.20. The third-order valence-electron chi connectivity index (χ3n) is 5.02. The Hall–Kier alpha value is -3.57. The summed E-state index contributed by atoms with van der Waals surface area (Å²) in [7, 11) is 0. The second-order valence-electron chi connectivity index (χ2n) is 6.61. The lowest BCUT2D eigenvalue weighted by molar-refractivity contribution is 0.670. The highest BCUT2D eigenvalue weighted by atomic mass is 32.1. The van der Waals surface area contributed by atoms with Crippen LogP contribution < -0.4 is 0 Å². The normalized spacial score (nSPS) is 11.6. The van der Waals surface area contributed by atoms with Crippen molar-refractivity contribution >= 4 is 44.2 Å². The Labute approximate surface area is 164 Å². The van der Waals surface area contributed by atoms with Gasteiger partial charge >= 0.3 is 0 Å². The molecular formula is C23H13N3OS. The summed E-state index contributed by atoms with van der Waals surface area (Å²) in [5.41, 5.74) is 8.34. The van der Waals surface area contributed by atoms with Crippen molar-refractivity contribution in [2.24, 2.45) is 0 Å². The van der Waals surface area contributed by atoms with E-state index < -0.39 is 0 Å². The summed E-state index contributed by atoms with van der Waals surface area (Å²) in [6, 6.07) is 20.5. The fourth-order valence-corrected chi connectivity index (χ4v) is 4.28. The van der Waals surface area contributed by atoms with Gasteiger partial charge in [0.2, 0.25) is 0 Å². The molecular weight excluding hydrogens is 366 g/mol. The van der Waals surface area contributed by atoms with Crippen molar-refractivity contribution in [1.29, 1.82) is 0 Å². The number of benzene rings is 3. The molecule has 6 aromatic rings. The standard InChI is InChI=1S/C23H13N3OS/c1-2-7-21-15(4-1)16-5-3-6-18(23(16)27-21)22-17-9-8-14(20-11-28-13-26-20)10-19(17)24-12-25-22/h1-13H. The van der Waals surface area contributed by atoms with Gasteiger partial charge in [0.15, 0.2) is 0 Å². The summed E-state index contributed by atoms with van der Waals surface area (Å²) >= 11 is 1.59. The number of thiazole rings is 1. The first-order valence-electron chi connectivity index (χ1n) is 8.92. The van der Waals surface area contributed by atoms with Crippen LogP contribution in [0.3, 0.4) is 0 Å². The molecule has 0 N–H and O–H groups in total. The molecule has 0 bridgehead atoms. The van der Waals surface area contributed by atoms with Crippen LogP contribution >= 0.6 is 11.3 Å². The highest BCUT2D eigenvalue weighted by Crippen LogP contribution is 2.37. The Morgan fingerprint density at radius 2 is 1.71 bits per heavy atom. The van der Waals surface area contributed by atoms with Crippen molar-refractivity contribution < 1.29 is 4.42 Å². The predicted octanol–water partition coefficient (Wildman–Crippen LogP) is 6.32. The summed E-state index contributed by atoms with van der Waals surface area (Å²) in [6.45, 7) is 0. The number of nitrogens with zero attached hydrogens (tertiary/aromatic N) is 3. The minimum atomic E-state index is 0.854. The molecule has 0 fully saturated rings. The summed E-state index contributed by atoms with van der Waals surface area (Å²) in [5.74, 6) is 0. The van der Waals surface area contributed by atoms with E-state index in [2.05, 4.69) is 57.4 Å². The molecule has 0 spiro atoms. The van der Waals surface area contributed by atoms with E-state index in [4.69, 9.17) is 4.42 Å². The van der Waals surface area contributed by atoms with Crippen LogP contribution in [0.2, 0.25) is 0 Å². The van der Waals surface area contributed by atoms with Crippen LogP contribution in [0.4, 0.5) is 0 Å². The quantitative estimate of drug-likeness (QED) is 0.353. The number of fused-ring (bicyclic) bond motifs is 4. The number of aromatic nitrogens is 3. The van der Waals surface area contributed by atoms with Crippen LogP contribution in [0, 0.1) is 0 Å². The van der Waals surface area contributed by atoms with Crippen LogP contribution in [0.5, 0.6) is 0 Å². The van der Waals surface area contributed by atoms with E-state index in [0.717, 1.165) is 55.4 Å². The van der Waals surface area contributed by atoms with Gasteiger partial charge in [0.05, 0.1) is 22.4 Å². The lowest BCUT2D eigenvalue weighted by Gasteiger charge is -2.07. The number of rotatable bonds is 2. The van der Waals surface area contributed by atoms with E-state index in [0.29, 0.717) is 0 Å². The number of furan rings is 1. The SMILES string of the molecule is c1ccc2c(c1)oc1c(-c3ncnc4cc(-c5cscn5)ccc34)cccc12. The molecule has 3 aromatic carbocycles. The monoisotopic (exact) mass is 379 g/mol. The van der Waals surface area contributed by atoms with Gasteiger partial charge in [-0.2, -0.15) is 0 Å². The third-order valence-corrected chi connectivity index (χ3v) is 5.61. The Morgan fingerprint density at radius 1 is 0.786 bits per heavy atom. The van der Waals surface area contributed by atoms with Gasteiger partial charge in [0.1, 0.15) is 17.5 Å². The van der Waals surface area contributed by atoms with Crippen LogP contribution in [-0.4, -0.2) is 15.0 Å². The van der Waals surface area contributed by atoms with E-state index in [1.54, 1.807) is 17.7 Å². The van der Waals surface area contributed by atoms with Crippen molar-refractivity contribution in [2.45, 2.75) is 0 Å². The van der Waals surface area contributed by atoms with Crippen molar-refractivity contribution in [3.63, 3.8) is 0 Å². The maximum Gasteiger partial charge on any atom is 0.144 e. The summed E-state index contributed by atoms with van der Waals surface area (Å²) < 4.78 is 6.20. The first kappa shape index (κ1) is 15.5. The van der Waals surface area contributed by atoms with Gasteiger partial charge in [-0.25, -0.2) is 15.0 Å². The molecule has 28 heavy (non-hydrogen) atoms. The molecule has 0 aliphatic heterocycles. The molecule has 0 aliphatic carbocycles. The van der Waals surface area contributed by atoms with Crippen LogP contribution in [0.15, 0.2) is 82.3 Å². The van der Waals surface area contributed by atoms with Gasteiger partial charge in [0.25, 0.3) is 0 Å². The van der Waals surface area contributed by atoms with Crippen molar-refractivity contribution in [3.05, 3.63) is 77.9 Å². The van der Waals surface area contributed by atoms with Gasteiger partial charge in [-0.3, -0.25) is 0 Å². The minimum Gasteiger partial charge on any atom is -0.455 e.